The highest BCUT2D eigenvalue weighted by Crippen LogP contribution is 2.15. The van der Waals surface area contributed by atoms with Crippen LogP contribution >= 0.6 is 0 Å². The number of hydrogen-bond donors (Lipinski definition) is 0. The fraction of sp³-hybridized carbons (Fsp3) is 0.409. The van der Waals surface area contributed by atoms with Crippen molar-refractivity contribution in [3.8, 4) is 0 Å². The molecule has 0 atom stereocenters. The van der Waals surface area contributed by atoms with Gasteiger partial charge in [0.25, 0.3) is 0 Å². The van der Waals surface area contributed by atoms with Gasteiger partial charge in [0.15, 0.2) is 0 Å². The number of fused-ring (bicyclic) bond motifs is 1. The van der Waals surface area contributed by atoms with E-state index >= 15 is 0 Å². The van der Waals surface area contributed by atoms with Crippen molar-refractivity contribution in [3.05, 3.63) is 66.2 Å². The number of pyridine rings is 1. The molecule has 1 aromatic carbocycles. The van der Waals surface area contributed by atoms with Crippen molar-refractivity contribution in [2.75, 3.05) is 39.4 Å². The number of rotatable bonds is 8. The van der Waals surface area contributed by atoms with Crippen molar-refractivity contribution in [3.63, 3.8) is 0 Å². The maximum atomic E-state index is 5.45. The molecule has 1 saturated heterocycles. The van der Waals surface area contributed by atoms with Crippen molar-refractivity contribution < 1.29 is 4.74 Å². The molecule has 146 valence electrons. The SMILES string of the molecule is c1cncc(CN(CCCN2CCOCC2)Cc2ccc3nccnc3c2)c1. The van der Waals surface area contributed by atoms with Crippen molar-refractivity contribution >= 4 is 11.0 Å². The molecular weight excluding hydrogens is 350 g/mol. The maximum absolute atomic E-state index is 5.45. The summed E-state index contributed by atoms with van der Waals surface area (Å²) in [4.78, 5) is 18.1. The molecule has 0 saturated carbocycles. The molecule has 2 aromatic heterocycles. The summed E-state index contributed by atoms with van der Waals surface area (Å²) in [6.45, 7) is 7.77. The molecule has 6 nitrogen and oxygen atoms in total. The third-order valence-corrected chi connectivity index (χ3v) is 5.12. The zero-order valence-corrected chi connectivity index (χ0v) is 16.2. The summed E-state index contributed by atoms with van der Waals surface area (Å²) in [6.07, 6.45) is 8.42. The lowest BCUT2D eigenvalue weighted by Gasteiger charge is -2.28. The first-order valence-electron chi connectivity index (χ1n) is 9.98. The van der Waals surface area contributed by atoms with E-state index in [9.17, 15) is 0 Å². The smallest absolute Gasteiger partial charge is 0.0890 e. The van der Waals surface area contributed by atoms with Gasteiger partial charge in [0.2, 0.25) is 0 Å². The van der Waals surface area contributed by atoms with Crippen LogP contribution in [0.15, 0.2) is 55.1 Å². The molecule has 4 rings (SSSR count). The Bertz CT molecular complexity index is 867. The lowest BCUT2D eigenvalue weighted by atomic mass is 10.1. The van der Waals surface area contributed by atoms with Gasteiger partial charge in [-0.2, -0.15) is 0 Å². The lowest BCUT2D eigenvalue weighted by molar-refractivity contribution is 0.0359. The third-order valence-electron chi connectivity index (χ3n) is 5.12. The normalized spacial score (nSPS) is 15.3. The van der Waals surface area contributed by atoms with Crippen LogP contribution in [-0.4, -0.2) is 64.1 Å². The maximum Gasteiger partial charge on any atom is 0.0890 e. The molecule has 0 amide bonds. The zero-order chi connectivity index (χ0) is 19.0. The third kappa shape index (κ3) is 5.32. The van der Waals surface area contributed by atoms with Crippen molar-refractivity contribution in [1.82, 2.24) is 24.8 Å². The molecule has 0 radical (unpaired) electrons. The van der Waals surface area contributed by atoms with Crippen LogP contribution in [0.4, 0.5) is 0 Å². The quantitative estimate of drug-likeness (QED) is 0.602. The molecule has 0 aliphatic carbocycles. The monoisotopic (exact) mass is 377 g/mol. The van der Waals surface area contributed by atoms with Gasteiger partial charge in [-0.3, -0.25) is 24.8 Å². The van der Waals surface area contributed by atoms with E-state index in [1.165, 1.54) is 11.1 Å². The van der Waals surface area contributed by atoms with E-state index in [0.29, 0.717) is 0 Å². The van der Waals surface area contributed by atoms with E-state index in [4.69, 9.17) is 4.74 Å². The summed E-state index contributed by atoms with van der Waals surface area (Å²) in [5.41, 5.74) is 4.41. The minimum atomic E-state index is 0.859. The topological polar surface area (TPSA) is 54.4 Å². The first kappa shape index (κ1) is 18.9. The molecular formula is C22H27N5O. The molecule has 1 fully saturated rings. The minimum absolute atomic E-state index is 0.859. The molecule has 0 spiro atoms. The van der Waals surface area contributed by atoms with Crippen LogP contribution in [0.3, 0.4) is 0 Å². The Hall–Kier alpha value is -2.41. The van der Waals surface area contributed by atoms with Crippen LogP contribution < -0.4 is 0 Å². The first-order chi connectivity index (χ1) is 13.9. The van der Waals surface area contributed by atoms with E-state index in [2.05, 4.69) is 49.0 Å². The van der Waals surface area contributed by atoms with E-state index in [1.54, 1.807) is 12.4 Å². The number of morpholine rings is 1. The molecule has 3 aromatic rings. The fourth-order valence-corrected chi connectivity index (χ4v) is 3.67. The summed E-state index contributed by atoms with van der Waals surface area (Å²) in [6, 6.07) is 10.5. The van der Waals surface area contributed by atoms with E-state index in [1.807, 2.05) is 18.5 Å². The van der Waals surface area contributed by atoms with Crippen LogP contribution in [-0.2, 0) is 17.8 Å². The summed E-state index contributed by atoms with van der Waals surface area (Å²) in [5.74, 6) is 0. The lowest BCUT2D eigenvalue weighted by Crippen LogP contribution is -2.38. The van der Waals surface area contributed by atoms with Crippen LogP contribution in [0.5, 0.6) is 0 Å². The second kappa shape index (κ2) is 9.68. The number of hydrogen-bond acceptors (Lipinski definition) is 6. The highest BCUT2D eigenvalue weighted by atomic mass is 16.5. The molecule has 3 heterocycles. The standard InChI is InChI=1S/C22H27N5O/c1-3-20(16-23-6-1)18-27(10-2-9-26-11-13-28-14-12-26)17-19-4-5-21-22(15-19)25-8-7-24-21/h1,3-8,15-16H,2,9-14,17-18H2. The Balaban J connectivity index is 1.41. The predicted molar refractivity (Wildman–Crippen MR) is 110 cm³/mol. The minimum Gasteiger partial charge on any atom is -0.379 e. The number of ether oxygens (including phenoxy) is 1. The largest absolute Gasteiger partial charge is 0.379 e. The summed E-state index contributed by atoms with van der Waals surface area (Å²) >= 11 is 0. The zero-order valence-electron chi connectivity index (χ0n) is 16.2. The molecule has 1 aliphatic rings. The highest BCUT2D eigenvalue weighted by molar-refractivity contribution is 5.74. The Morgan fingerprint density at radius 2 is 1.75 bits per heavy atom. The Kier molecular flexibility index (Phi) is 6.55. The van der Waals surface area contributed by atoms with E-state index in [-0.39, 0.29) is 0 Å². The number of aromatic nitrogens is 3. The molecule has 0 N–H and O–H groups in total. The summed E-state index contributed by atoms with van der Waals surface area (Å²) in [5, 5.41) is 0. The predicted octanol–water partition coefficient (Wildman–Crippen LogP) is 2.75. The molecule has 0 unspecified atom stereocenters. The van der Waals surface area contributed by atoms with Gasteiger partial charge in [-0.05, 0) is 42.3 Å². The van der Waals surface area contributed by atoms with E-state index < -0.39 is 0 Å². The summed E-state index contributed by atoms with van der Waals surface area (Å²) < 4.78 is 5.45. The van der Waals surface area contributed by atoms with Crippen LogP contribution in [0.2, 0.25) is 0 Å². The van der Waals surface area contributed by atoms with Gasteiger partial charge in [-0.15, -0.1) is 0 Å². The first-order valence-corrected chi connectivity index (χ1v) is 9.98. The second-order valence-corrected chi connectivity index (χ2v) is 7.26. The highest BCUT2D eigenvalue weighted by Gasteiger charge is 2.12. The second-order valence-electron chi connectivity index (χ2n) is 7.26. The van der Waals surface area contributed by atoms with Crippen LogP contribution in [0, 0.1) is 0 Å². The Labute approximate surface area is 166 Å². The average molecular weight is 377 g/mol. The van der Waals surface area contributed by atoms with Gasteiger partial charge >= 0.3 is 0 Å². The van der Waals surface area contributed by atoms with E-state index in [0.717, 1.165) is 69.9 Å². The fourth-order valence-electron chi connectivity index (χ4n) is 3.67. The van der Waals surface area contributed by atoms with Crippen molar-refractivity contribution in [2.45, 2.75) is 19.5 Å². The van der Waals surface area contributed by atoms with Gasteiger partial charge in [-0.25, -0.2) is 0 Å². The molecule has 1 aliphatic heterocycles. The van der Waals surface area contributed by atoms with Crippen molar-refractivity contribution in [2.24, 2.45) is 0 Å². The van der Waals surface area contributed by atoms with Gasteiger partial charge in [0.1, 0.15) is 0 Å². The Morgan fingerprint density at radius 1 is 0.929 bits per heavy atom. The van der Waals surface area contributed by atoms with Crippen LogP contribution in [0.1, 0.15) is 17.5 Å². The molecule has 28 heavy (non-hydrogen) atoms. The number of benzene rings is 1. The van der Waals surface area contributed by atoms with Crippen molar-refractivity contribution in [1.29, 1.82) is 0 Å². The van der Waals surface area contributed by atoms with Gasteiger partial charge in [0, 0.05) is 57.5 Å². The van der Waals surface area contributed by atoms with Gasteiger partial charge in [-0.1, -0.05) is 12.1 Å². The van der Waals surface area contributed by atoms with Crippen LogP contribution in [0.25, 0.3) is 11.0 Å². The molecule has 0 bridgehead atoms. The van der Waals surface area contributed by atoms with Gasteiger partial charge < -0.3 is 4.74 Å². The Morgan fingerprint density at radius 3 is 2.57 bits per heavy atom. The van der Waals surface area contributed by atoms with Gasteiger partial charge in [0.05, 0.1) is 24.2 Å². The average Bonchev–Trinajstić information content (AvgIpc) is 2.75. The summed E-state index contributed by atoms with van der Waals surface area (Å²) in [7, 11) is 0. The molecule has 6 heteroatoms. The number of nitrogens with zero attached hydrogens (tertiary/aromatic N) is 5.